The van der Waals surface area contributed by atoms with Crippen molar-refractivity contribution in [3.63, 3.8) is 0 Å². The number of rotatable bonds is 4. The van der Waals surface area contributed by atoms with Crippen LogP contribution in [0.5, 0.6) is 0 Å². The van der Waals surface area contributed by atoms with Crippen molar-refractivity contribution < 1.29 is 0 Å². The maximum absolute atomic E-state index is 3.37. The third kappa shape index (κ3) is 2.74. The van der Waals surface area contributed by atoms with Crippen molar-refractivity contribution in [2.45, 2.75) is 45.4 Å². The molecule has 0 amide bonds. The monoisotopic (exact) mass is 202 g/mol. The maximum atomic E-state index is 3.37. The highest BCUT2D eigenvalue weighted by atomic mass is 14.9. The van der Waals surface area contributed by atoms with Crippen LogP contribution in [0.3, 0.4) is 0 Å². The minimum absolute atomic E-state index is 1.15. The molecule has 0 aliphatic carbocycles. The largest absolute Gasteiger partial charge is 0.380 e. The minimum atomic E-state index is 1.15. The Kier molecular flexibility index (Phi) is 3.65. The molecule has 0 atom stereocenters. The number of hydrogen-bond acceptors (Lipinski definition) is 1. The highest BCUT2D eigenvalue weighted by Gasteiger charge is 2.08. The zero-order valence-electron chi connectivity index (χ0n) is 9.55. The lowest BCUT2D eigenvalue weighted by molar-refractivity contribution is 0.717. The van der Waals surface area contributed by atoms with E-state index in [1.54, 1.807) is 0 Å². The minimum Gasteiger partial charge on any atom is -0.380 e. The summed E-state index contributed by atoms with van der Waals surface area (Å²) in [5.74, 6) is 0. The smallest absolute Gasteiger partial charge is 0.0466 e. The number of benzene rings is 1. The van der Waals surface area contributed by atoms with Crippen LogP contribution in [0.1, 0.15) is 43.7 Å². The molecule has 0 unspecified atom stereocenters. The van der Waals surface area contributed by atoms with E-state index in [4.69, 9.17) is 0 Å². The van der Waals surface area contributed by atoms with Crippen molar-refractivity contribution in [2.75, 3.05) is 5.32 Å². The van der Waals surface area contributed by atoms with Crippen molar-refractivity contribution in [1.29, 1.82) is 0 Å². The fraction of sp³-hybridized carbons (Fsp3) is 0.500. The average Bonchev–Trinajstić information content (AvgIpc) is 2.29. The fourth-order valence-corrected chi connectivity index (χ4v) is 2.12. The third-order valence-corrected chi connectivity index (χ3v) is 3.06. The van der Waals surface area contributed by atoms with Gasteiger partial charge in [0.1, 0.15) is 0 Å². The number of anilines is 1. The van der Waals surface area contributed by atoms with Crippen molar-refractivity contribution >= 4 is 5.69 Å². The molecule has 1 aromatic rings. The summed E-state index contributed by atoms with van der Waals surface area (Å²) in [6.07, 6.45) is 7.54. The molecule has 0 saturated heterocycles. The van der Waals surface area contributed by atoms with E-state index in [1.165, 1.54) is 48.9 Å². The zero-order chi connectivity index (χ0) is 10.5. The second-order valence-corrected chi connectivity index (χ2v) is 4.34. The van der Waals surface area contributed by atoms with Gasteiger partial charge in [-0.25, -0.2) is 0 Å². The van der Waals surface area contributed by atoms with Gasteiger partial charge in [0, 0.05) is 12.2 Å². The second kappa shape index (κ2) is 5.20. The molecule has 1 N–H and O–H groups in total. The molecule has 1 radical (unpaired) electrons. The van der Waals surface area contributed by atoms with Gasteiger partial charge in [-0.05, 0) is 42.9 Å². The van der Waals surface area contributed by atoms with Crippen LogP contribution < -0.4 is 5.32 Å². The number of unbranched alkanes of at least 4 members (excludes halogenated alkanes) is 2. The summed E-state index contributed by atoms with van der Waals surface area (Å²) in [5.41, 5.74) is 4.27. The first-order valence-electron chi connectivity index (χ1n) is 6.10. The molecule has 1 aliphatic heterocycles. The van der Waals surface area contributed by atoms with Gasteiger partial charge >= 0.3 is 0 Å². The van der Waals surface area contributed by atoms with Crippen LogP contribution in [0.25, 0.3) is 0 Å². The van der Waals surface area contributed by atoms with E-state index in [-0.39, 0.29) is 0 Å². The summed E-state index contributed by atoms with van der Waals surface area (Å²) in [6, 6.07) is 6.90. The summed E-state index contributed by atoms with van der Waals surface area (Å²) in [5, 5.41) is 3.37. The predicted molar refractivity (Wildman–Crippen MR) is 65.9 cm³/mol. The number of fused-ring (bicyclic) bond motifs is 1. The summed E-state index contributed by atoms with van der Waals surface area (Å²) in [6.45, 7) is 4.42. The molecule has 1 nitrogen and oxygen atoms in total. The molecule has 81 valence electrons. The first-order valence-corrected chi connectivity index (χ1v) is 6.10. The maximum Gasteiger partial charge on any atom is 0.0466 e. The van der Waals surface area contributed by atoms with Gasteiger partial charge in [0.05, 0.1) is 0 Å². The Morgan fingerprint density at radius 2 is 2.20 bits per heavy atom. The summed E-state index contributed by atoms with van der Waals surface area (Å²) >= 11 is 0. The number of hydrogen-bond donors (Lipinski definition) is 1. The summed E-state index contributed by atoms with van der Waals surface area (Å²) in [4.78, 5) is 0. The highest BCUT2D eigenvalue weighted by molar-refractivity contribution is 5.56. The molecular weight excluding hydrogens is 182 g/mol. The van der Waals surface area contributed by atoms with Gasteiger partial charge < -0.3 is 5.32 Å². The normalized spacial score (nSPS) is 14.5. The molecule has 0 fully saturated rings. The Bertz CT molecular complexity index is 317. The molecule has 1 aliphatic rings. The summed E-state index contributed by atoms with van der Waals surface area (Å²) < 4.78 is 0. The molecule has 0 bridgehead atoms. The molecule has 1 aromatic carbocycles. The van der Waals surface area contributed by atoms with Crippen LogP contribution in [0.2, 0.25) is 0 Å². The van der Waals surface area contributed by atoms with Gasteiger partial charge in [-0.1, -0.05) is 31.9 Å². The lowest BCUT2D eigenvalue weighted by Gasteiger charge is -2.18. The number of nitrogens with one attached hydrogen (secondary N) is 1. The average molecular weight is 202 g/mol. The Morgan fingerprint density at radius 1 is 1.27 bits per heavy atom. The van der Waals surface area contributed by atoms with Gasteiger partial charge in [0.2, 0.25) is 0 Å². The Labute approximate surface area is 92.9 Å². The van der Waals surface area contributed by atoms with Gasteiger partial charge in [-0.2, -0.15) is 0 Å². The molecule has 0 saturated carbocycles. The van der Waals surface area contributed by atoms with Crippen LogP contribution in [0.4, 0.5) is 5.69 Å². The van der Waals surface area contributed by atoms with Crippen LogP contribution in [0, 0.1) is 6.54 Å². The van der Waals surface area contributed by atoms with Crippen LogP contribution >= 0.6 is 0 Å². The molecule has 15 heavy (non-hydrogen) atoms. The first-order chi connectivity index (χ1) is 7.40. The Balaban J connectivity index is 2.00. The second-order valence-electron chi connectivity index (χ2n) is 4.34. The molecule has 0 spiro atoms. The van der Waals surface area contributed by atoms with Gasteiger partial charge in [0.15, 0.2) is 0 Å². The van der Waals surface area contributed by atoms with Gasteiger partial charge in [0.25, 0.3) is 0 Å². The Hall–Kier alpha value is -0.980. The van der Waals surface area contributed by atoms with E-state index < -0.39 is 0 Å². The van der Waals surface area contributed by atoms with Gasteiger partial charge in [-0.3, -0.25) is 0 Å². The van der Waals surface area contributed by atoms with E-state index >= 15 is 0 Å². The molecule has 0 aromatic heterocycles. The zero-order valence-corrected chi connectivity index (χ0v) is 9.55. The summed E-state index contributed by atoms with van der Waals surface area (Å²) in [7, 11) is 0. The van der Waals surface area contributed by atoms with E-state index in [9.17, 15) is 0 Å². The van der Waals surface area contributed by atoms with Crippen molar-refractivity contribution in [3.05, 3.63) is 35.9 Å². The number of aryl methyl sites for hydroxylation is 2. The van der Waals surface area contributed by atoms with E-state index in [2.05, 4.69) is 37.0 Å². The van der Waals surface area contributed by atoms with E-state index in [0.717, 1.165) is 6.42 Å². The molecule has 2 rings (SSSR count). The first kappa shape index (κ1) is 10.5. The fourth-order valence-electron chi connectivity index (χ4n) is 2.12. The van der Waals surface area contributed by atoms with Crippen LogP contribution in [0.15, 0.2) is 18.2 Å². The van der Waals surface area contributed by atoms with Crippen LogP contribution in [-0.2, 0) is 12.8 Å². The van der Waals surface area contributed by atoms with E-state index in [0.29, 0.717) is 0 Å². The van der Waals surface area contributed by atoms with Crippen LogP contribution in [-0.4, -0.2) is 0 Å². The van der Waals surface area contributed by atoms with Crippen molar-refractivity contribution in [1.82, 2.24) is 0 Å². The topological polar surface area (TPSA) is 12.0 Å². The third-order valence-electron chi connectivity index (χ3n) is 3.06. The lowest BCUT2D eigenvalue weighted by Crippen LogP contribution is -2.07. The molecular formula is C14H20N. The lowest BCUT2D eigenvalue weighted by atomic mass is 9.99. The van der Waals surface area contributed by atoms with Gasteiger partial charge in [-0.15, -0.1) is 0 Å². The predicted octanol–water partition coefficient (Wildman–Crippen LogP) is 3.94. The van der Waals surface area contributed by atoms with E-state index in [1.807, 2.05) is 0 Å². The SMILES string of the molecule is CCCCCc1ccc2c(c1)N[CH]CC2. The molecule has 1 heterocycles. The highest BCUT2D eigenvalue weighted by Crippen LogP contribution is 2.25. The van der Waals surface area contributed by atoms with Crippen molar-refractivity contribution in [3.8, 4) is 0 Å². The quantitative estimate of drug-likeness (QED) is 0.729. The Morgan fingerprint density at radius 3 is 3.07 bits per heavy atom. The molecule has 1 heteroatoms. The standard InChI is InChI=1S/C14H20N/c1-2-3-4-6-12-8-9-13-7-5-10-15-14(13)11-12/h8-11,15H,2-7H2,1H3. The van der Waals surface area contributed by atoms with Crippen molar-refractivity contribution in [2.24, 2.45) is 0 Å².